The molecule has 0 radical (unpaired) electrons. The molecule has 1 aliphatic rings. The number of ketones is 1. The van der Waals surface area contributed by atoms with E-state index >= 15 is 0 Å². The summed E-state index contributed by atoms with van der Waals surface area (Å²) in [4.78, 5) is 52.1. The number of carbonyl (C=O) groups excluding carboxylic acids is 2. The Balaban J connectivity index is 2.00. The Morgan fingerprint density at radius 3 is 2.44 bits per heavy atom. The minimum absolute atomic E-state index is 0.0153. The molecule has 0 saturated carbocycles. The highest BCUT2D eigenvalue weighted by molar-refractivity contribution is 6.01. The molecule has 3 rings (SSSR count). The van der Waals surface area contributed by atoms with Crippen molar-refractivity contribution in [2.24, 2.45) is 5.73 Å². The lowest BCUT2D eigenvalue weighted by molar-refractivity contribution is -0.125. The first-order chi connectivity index (χ1) is 15.1. The standard InChI is InChI=1S/C21H26FN5O5/c1-2-26-20(31)17(16(29)11-25-8-7-14(28)9-15(25)19(24)30)18(23)27(21(26)32)10-12-3-5-13(22)6-4-12/h3-6,14-15,28H,2,7-11,23H2,1H3,(H2,24,30). The van der Waals surface area contributed by atoms with Gasteiger partial charge >= 0.3 is 5.69 Å². The smallest absolute Gasteiger partial charge is 0.332 e. The zero-order valence-corrected chi connectivity index (χ0v) is 17.7. The number of amides is 1. The zero-order valence-electron chi connectivity index (χ0n) is 17.7. The summed E-state index contributed by atoms with van der Waals surface area (Å²) in [5, 5.41) is 9.82. The molecule has 1 aromatic carbocycles. The fourth-order valence-electron chi connectivity index (χ4n) is 3.93. The van der Waals surface area contributed by atoms with Crippen LogP contribution in [0.25, 0.3) is 0 Å². The SMILES string of the molecule is CCn1c(=O)c(C(=O)CN2CCC(O)CC2C(N)=O)c(N)n(Cc2ccc(F)cc2)c1=O. The van der Waals surface area contributed by atoms with E-state index < -0.39 is 40.9 Å². The number of rotatable bonds is 7. The lowest BCUT2D eigenvalue weighted by atomic mass is 9.98. The van der Waals surface area contributed by atoms with Crippen molar-refractivity contribution in [3.05, 3.63) is 62.0 Å². The number of nitrogen functional groups attached to an aromatic ring is 1. The molecule has 0 spiro atoms. The number of hydrogen-bond acceptors (Lipinski definition) is 7. The fraction of sp³-hybridized carbons (Fsp3) is 0.429. The Labute approximate surface area is 182 Å². The molecule has 2 unspecified atom stereocenters. The Bertz CT molecular complexity index is 1140. The second-order valence-corrected chi connectivity index (χ2v) is 7.79. The van der Waals surface area contributed by atoms with E-state index in [1.165, 1.54) is 29.2 Å². The number of halogens is 1. The number of aliphatic hydroxyl groups is 1. The summed E-state index contributed by atoms with van der Waals surface area (Å²) in [7, 11) is 0. The minimum atomic E-state index is -0.859. The van der Waals surface area contributed by atoms with Crippen LogP contribution < -0.4 is 22.7 Å². The Hall–Kier alpha value is -3.31. The van der Waals surface area contributed by atoms with Crippen molar-refractivity contribution < 1.29 is 19.1 Å². The first-order valence-corrected chi connectivity index (χ1v) is 10.3. The molecule has 5 N–H and O–H groups in total. The fourth-order valence-corrected chi connectivity index (χ4v) is 3.93. The third kappa shape index (κ3) is 4.63. The number of aliphatic hydroxyl groups excluding tert-OH is 1. The van der Waals surface area contributed by atoms with Gasteiger partial charge in [-0.05, 0) is 37.5 Å². The number of carbonyl (C=O) groups is 2. The number of hydrogen-bond donors (Lipinski definition) is 3. The number of Topliss-reactive ketones (excluding diaryl/α,β-unsaturated/α-hetero) is 1. The summed E-state index contributed by atoms with van der Waals surface area (Å²) < 4.78 is 15.2. The second-order valence-electron chi connectivity index (χ2n) is 7.79. The highest BCUT2D eigenvalue weighted by atomic mass is 19.1. The summed E-state index contributed by atoms with van der Waals surface area (Å²) in [6, 6.07) is 4.55. The predicted octanol–water partition coefficient (Wildman–Crippen LogP) is -0.707. The quantitative estimate of drug-likeness (QED) is 0.474. The van der Waals surface area contributed by atoms with Gasteiger partial charge in [-0.3, -0.25) is 28.4 Å². The topological polar surface area (TPSA) is 154 Å². The number of benzene rings is 1. The number of likely N-dealkylation sites (tertiary alicyclic amines) is 1. The van der Waals surface area contributed by atoms with Gasteiger partial charge in [0, 0.05) is 13.1 Å². The van der Waals surface area contributed by atoms with Crippen molar-refractivity contribution in [1.82, 2.24) is 14.0 Å². The first kappa shape index (κ1) is 23.4. The van der Waals surface area contributed by atoms with E-state index in [0.717, 1.165) is 9.13 Å². The molecule has 172 valence electrons. The average Bonchev–Trinajstić information content (AvgIpc) is 2.74. The van der Waals surface area contributed by atoms with Crippen molar-refractivity contribution in [3.63, 3.8) is 0 Å². The van der Waals surface area contributed by atoms with E-state index in [9.17, 15) is 28.7 Å². The van der Waals surface area contributed by atoms with E-state index in [2.05, 4.69) is 0 Å². The predicted molar refractivity (Wildman–Crippen MR) is 115 cm³/mol. The first-order valence-electron chi connectivity index (χ1n) is 10.3. The van der Waals surface area contributed by atoms with Gasteiger partial charge in [-0.1, -0.05) is 12.1 Å². The summed E-state index contributed by atoms with van der Waals surface area (Å²) in [6.45, 7) is 1.45. The van der Waals surface area contributed by atoms with Crippen LogP contribution in [0.5, 0.6) is 0 Å². The van der Waals surface area contributed by atoms with Crippen LogP contribution in [-0.2, 0) is 17.9 Å². The number of nitrogens with zero attached hydrogens (tertiary/aromatic N) is 3. The molecule has 2 aromatic rings. The third-order valence-corrected chi connectivity index (χ3v) is 5.68. The van der Waals surface area contributed by atoms with Gasteiger partial charge in [0.25, 0.3) is 5.56 Å². The molecule has 32 heavy (non-hydrogen) atoms. The third-order valence-electron chi connectivity index (χ3n) is 5.68. The highest BCUT2D eigenvalue weighted by Crippen LogP contribution is 2.19. The molecule has 1 amide bonds. The molecule has 10 nitrogen and oxygen atoms in total. The van der Waals surface area contributed by atoms with E-state index in [-0.39, 0.29) is 44.0 Å². The Morgan fingerprint density at radius 1 is 1.19 bits per heavy atom. The molecule has 1 fully saturated rings. The molecule has 2 heterocycles. The van der Waals surface area contributed by atoms with Gasteiger partial charge in [0.05, 0.1) is 25.2 Å². The van der Waals surface area contributed by atoms with Crippen LogP contribution >= 0.6 is 0 Å². The summed E-state index contributed by atoms with van der Waals surface area (Å²) in [5.41, 5.74) is 10.2. The van der Waals surface area contributed by atoms with E-state index in [1.807, 2.05) is 0 Å². The number of piperidine rings is 1. The van der Waals surface area contributed by atoms with Crippen molar-refractivity contribution >= 4 is 17.5 Å². The van der Waals surface area contributed by atoms with Crippen LogP contribution in [0, 0.1) is 5.82 Å². The van der Waals surface area contributed by atoms with Crippen molar-refractivity contribution in [2.45, 2.75) is 45.0 Å². The summed E-state index contributed by atoms with van der Waals surface area (Å²) in [6.07, 6.45) is -0.282. The zero-order chi connectivity index (χ0) is 23.6. The van der Waals surface area contributed by atoms with E-state index in [4.69, 9.17) is 11.5 Å². The second kappa shape index (κ2) is 9.45. The lowest BCUT2D eigenvalue weighted by Crippen LogP contribution is -2.53. The van der Waals surface area contributed by atoms with Crippen LogP contribution in [0.3, 0.4) is 0 Å². The summed E-state index contributed by atoms with van der Waals surface area (Å²) in [5.74, 6) is -2.09. The van der Waals surface area contributed by atoms with Crippen LogP contribution in [-0.4, -0.2) is 56.1 Å². The number of aromatic nitrogens is 2. The summed E-state index contributed by atoms with van der Waals surface area (Å²) >= 11 is 0. The molecular weight excluding hydrogens is 421 g/mol. The van der Waals surface area contributed by atoms with Crippen LogP contribution in [0.15, 0.2) is 33.9 Å². The lowest BCUT2D eigenvalue weighted by Gasteiger charge is -2.35. The van der Waals surface area contributed by atoms with Gasteiger partial charge in [0.15, 0.2) is 5.78 Å². The molecule has 0 bridgehead atoms. The van der Waals surface area contributed by atoms with Gasteiger partial charge in [0.1, 0.15) is 17.2 Å². The molecule has 1 aliphatic heterocycles. The van der Waals surface area contributed by atoms with Crippen molar-refractivity contribution in [3.8, 4) is 0 Å². The molecule has 2 atom stereocenters. The van der Waals surface area contributed by atoms with E-state index in [0.29, 0.717) is 12.0 Å². The Kier molecular flexibility index (Phi) is 6.90. The van der Waals surface area contributed by atoms with Crippen LogP contribution in [0.2, 0.25) is 0 Å². The minimum Gasteiger partial charge on any atom is -0.393 e. The number of nitrogens with two attached hydrogens (primary N) is 2. The maximum Gasteiger partial charge on any atom is 0.332 e. The number of primary amides is 1. The maximum atomic E-state index is 13.2. The van der Waals surface area contributed by atoms with Crippen molar-refractivity contribution in [2.75, 3.05) is 18.8 Å². The molecule has 1 aromatic heterocycles. The molecule has 1 saturated heterocycles. The Morgan fingerprint density at radius 2 is 1.84 bits per heavy atom. The van der Waals surface area contributed by atoms with Gasteiger partial charge in [-0.25, -0.2) is 9.18 Å². The average molecular weight is 447 g/mol. The van der Waals surface area contributed by atoms with Gasteiger partial charge in [0.2, 0.25) is 5.91 Å². The van der Waals surface area contributed by atoms with Crippen LogP contribution in [0.4, 0.5) is 10.2 Å². The van der Waals surface area contributed by atoms with Gasteiger partial charge in [-0.15, -0.1) is 0 Å². The maximum absolute atomic E-state index is 13.2. The van der Waals surface area contributed by atoms with E-state index in [1.54, 1.807) is 6.92 Å². The molecular formula is C21H26FN5O5. The molecule has 0 aliphatic carbocycles. The molecule has 11 heteroatoms. The highest BCUT2D eigenvalue weighted by Gasteiger charge is 2.34. The number of anilines is 1. The van der Waals surface area contributed by atoms with Gasteiger partial charge in [-0.2, -0.15) is 0 Å². The van der Waals surface area contributed by atoms with Crippen LogP contribution in [0.1, 0.15) is 35.7 Å². The largest absolute Gasteiger partial charge is 0.393 e. The van der Waals surface area contributed by atoms with Gasteiger partial charge < -0.3 is 16.6 Å². The normalized spacial score (nSPS) is 19.1. The van der Waals surface area contributed by atoms with Crippen molar-refractivity contribution in [1.29, 1.82) is 0 Å². The monoisotopic (exact) mass is 447 g/mol.